The molecular weight excluding hydrogens is 353 g/mol. The summed E-state index contributed by atoms with van der Waals surface area (Å²) in [6, 6.07) is 6.26. The Morgan fingerprint density at radius 1 is 1.38 bits per heavy atom. The van der Waals surface area contributed by atoms with Crippen LogP contribution in [0.2, 0.25) is 0 Å². The van der Waals surface area contributed by atoms with Crippen LogP contribution in [0.5, 0.6) is 0 Å². The Kier molecular flexibility index (Phi) is 5.90. The first-order chi connectivity index (χ1) is 12.5. The Balaban J connectivity index is 1.66. The number of thioether (sulfide) groups is 1. The zero-order valence-electron chi connectivity index (χ0n) is 15.2. The third kappa shape index (κ3) is 4.23. The van der Waals surface area contributed by atoms with Gasteiger partial charge in [-0.2, -0.15) is 4.68 Å². The minimum Gasteiger partial charge on any atom is -0.352 e. The molecule has 0 bridgehead atoms. The molecule has 1 heterocycles. The summed E-state index contributed by atoms with van der Waals surface area (Å²) in [5.41, 5.74) is 0.528. The van der Waals surface area contributed by atoms with Crippen LogP contribution in [-0.2, 0) is 4.79 Å². The number of benzene rings is 1. The zero-order valence-corrected chi connectivity index (χ0v) is 16.0. The maximum absolute atomic E-state index is 13.5. The van der Waals surface area contributed by atoms with Gasteiger partial charge in [-0.25, -0.2) is 4.39 Å². The number of carbonyl (C=O) groups is 1. The number of hydrogen-bond acceptors (Lipinski definition) is 5. The number of carbonyl (C=O) groups excluding carboxylic acids is 1. The van der Waals surface area contributed by atoms with E-state index in [0.717, 1.165) is 12.8 Å². The SMILES string of the molecule is C[C@H]1[C@H](C)CCC[C@H]1NC(=O)[C@H](C)Sc1nnnn1-c1cccc(F)c1. The minimum atomic E-state index is -0.361. The molecule has 1 N–H and O–H groups in total. The summed E-state index contributed by atoms with van der Waals surface area (Å²) in [5.74, 6) is 0.717. The number of nitrogens with zero attached hydrogens (tertiary/aromatic N) is 4. The van der Waals surface area contributed by atoms with Gasteiger partial charge in [-0.15, -0.1) is 5.10 Å². The molecule has 1 aromatic heterocycles. The number of amides is 1. The van der Waals surface area contributed by atoms with Crippen LogP contribution in [0.1, 0.15) is 40.0 Å². The molecule has 1 aliphatic rings. The predicted molar refractivity (Wildman–Crippen MR) is 98.5 cm³/mol. The van der Waals surface area contributed by atoms with Gasteiger partial charge >= 0.3 is 0 Å². The van der Waals surface area contributed by atoms with Gasteiger partial charge in [0.2, 0.25) is 11.1 Å². The van der Waals surface area contributed by atoms with Crippen molar-refractivity contribution in [1.82, 2.24) is 25.5 Å². The number of hydrogen-bond donors (Lipinski definition) is 1. The van der Waals surface area contributed by atoms with Gasteiger partial charge in [-0.3, -0.25) is 4.79 Å². The van der Waals surface area contributed by atoms with Crippen LogP contribution in [0.3, 0.4) is 0 Å². The van der Waals surface area contributed by atoms with Crippen LogP contribution in [0, 0.1) is 17.7 Å². The monoisotopic (exact) mass is 377 g/mol. The molecule has 26 heavy (non-hydrogen) atoms. The lowest BCUT2D eigenvalue weighted by molar-refractivity contribution is -0.121. The van der Waals surface area contributed by atoms with Crippen LogP contribution >= 0.6 is 11.8 Å². The van der Waals surface area contributed by atoms with E-state index in [0.29, 0.717) is 22.7 Å². The van der Waals surface area contributed by atoms with E-state index in [1.54, 1.807) is 12.1 Å². The number of nitrogens with one attached hydrogen (secondary N) is 1. The van der Waals surface area contributed by atoms with Crippen molar-refractivity contribution in [2.45, 2.75) is 56.5 Å². The molecule has 1 aliphatic carbocycles. The molecule has 0 spiro atoms. The Morgan fingerprint density at radius 3 is 2.96 bits per heavy atom. The van der Waals surface area contributed by atoms with Gasteiger partial charge in [-0.1, -0.05) is 44.5 Å². The average Bonchev–Trinajstić information content (AvgIpc) is 3.07. The molecule has 1 saturated carbocycles. The van der Waals surface area contributed by atoms with Crippen LogP contribution in [0.4, 0.5) is 4.39 Å². The summed E-state index contributed by atoms with van der Waals surface area (Å²) in [5, 5.41) is 14.9. The van der Waals surface area contributed by atoms with Gasteiger partial charge in [0.25, 0.3) is 0 Å². The molecule has 1 amide bonds. The zero-order chi connectivity index (χ0) is 18.7. The summed E-state index contributed by atoms with van der Waals surface area (Å²) < 4.78 is 14.9. The van der Waals surface area contributed by atoms with Crippen molar-refractivity contribution in [2.75, 3.05) is 0 Å². The Hall–Kier alpha value is -1.96. The summed E-state index contributed by atoms with van der Waals surface area (Å²) in [6.07, 6.45) is 3.39. The molecule has 6 nitrogen and oxygen atoms in total. The average molecular weight is 377 g/mol. The Labute approximate surface area is 156 Å². The number of rotatable bonds is 5. The van der Waals surface area contributed by atoms with E-state index in [1.807, 2.05) is 6.92 Å². The van der Waals surface area contributed by atoms with E-state index in [-0.39, 0.29) is 23.0 Å². The first kappa shape index (κ1) is 18.8. The van der Waals surface area contributed by atoms with Gasteiger partial charge in [0.05, 0.1) is 10.9 Å². The highest BCUT2D eigenvalue weighted by molar-refractivity contribution is 8.00. The highest BCUT2D eigenvalue weighted by atomic mass is 32.2. The molecule has 0 aliphatic heterocycles. The summed E-state index contributed by atoms with van der Waals surface area (Å²) in [4.78, 5) is 12.6. The predicted octanol–water partition coefficient (Wildman–Crippen LogP) is 3.22. The van der Waals surface area contributed by atoms with E-state index in [1.165, 1.54) is 35.0 Å². The van der Waals surface area contributed by atoms with E-state index in [4.69, 9.17) is 0 Å². The maximum atomic E-state index is 13.5. The molecule has 3 rings (SSSR count). The highest BCUT2D eigenvalue weighted by Gasteiger charge is 2.30. The number of aromatic nitrogens is 4. The molecule has 8 heteroatoms. The largest absolute Gasteiger partial charge is 0.352 e. The van der Waals surface area contributed by atoms with Crippen molar-refractivity contribution in [3.63, 3.8) is 0 Å². The summed E-state index contributed by atoms with van der Waals surface area (Å²) >= 11 is 1.27. The van der Waals surface area contributed by atoms with E-state index in [2.05, 4.69) is 34.7 Å². The van der Waals surface area contributed by atoms with Crippen molar-refractivity contribution in [1.29, 1.82) is 0 Å². The first-order valence-electron chi connectivity index (χ1n) is 8.97. The minimum absolute atomic E-state index is 0.0188. The van der Waals surface area contributed by atoms with Crippen LogP contribution in [0.25, 0.3) is 5.69 Å². The van der Waals surface area contributed by atoms with Crippen molar-refractivity contribution < 1.29 is 9.18 Å². The molecule has 0 unspecified atom stereocenters. The quantitative estimate of drug-likeness (QED) is 0.810. The number of halogens is 1. The molecule has 1 fully saturated rings. The second-order valence-electron chi connectivity index (χ2n) is 7.00. The van der Waals surface area contributed by atoms with Gasteiger partial charge in [0.15, 0.2) is 0 Å². The van der Waals surface area contributed by atoms with Gasteiger partial charge < -0.3 is 5.32 Å². The molecule has 140 valence electrons. The van der Waals surface area contributed by atoms with Crippen LogP contribution in [0.15, 0.2) is 29.4 Å². The topological polar surface area (TPSA) is 72.7 Å². The molecule has 0 radical (unpaired) electrons. The fraction of sp³-hybridized carbons (Fsp3) is 0.556. The van der Waals surface area contributed by atoms with E-state index < -0.39 is 0 Å². The molecular formula is C18H24FN5OS. The van der Waals surface area contributed by atoms with E-state index in [9.17, 15) is 9.18 Å². The molecule has 1 aromatic carbocycles. The van der Waals surface area contributed by atoms with Crippen molar-refractivity contribution in [3.05, 3.63) is 30.1 Å². The Bertz CT molecular complexity index is 768. The molecule has 0 saturated heterocycles. The number of tetrazole rings is 1. The third-order valence-electron chi connectivity index (χ3n) is 5.18. The molecule has 4 atom stereocenters. The highest BCUT2D eigenvalue weighted by Crippen LogP contribution is 2.30. The standard InChI is InChI=1S/C18H24FN5OS/c1-11-6-4-9-16(12(11)2)20-17(25)13(3)26-18-21-22-23-24(18)15-8-5-7-14(19)10-15/h5,7-8,10-13,16H,4,6,9H2,1-3H3,(H,20,25)/t11-,12+,13+,16-/m1/s1. The maximum Gasteiger partial charge on any atom is 0.233 e. The lowest BCUT2D eigenvalue weighted by Gasteiger charge is -2.35. The lowest BCUT2D eigenvalue weighted by Crippen LogP contribution is -2.46. The van der Waals surface area contributed by atoms with Crippen molar-refractivity contribution in [3.8, 4) is 5.69 Å². The third-order valence-corrected chi connectivity index (χ3v) is 6.21. The smallest absolute Gasteiger partial charge is 0.233 e. The fourth-order valence-corrected chi connectivity index (χ4v) is 4.14. The summed E-state index contributed by atoms with van der Waals surface area (Å²) in [6.45, 7) is 6.28. The van der Waals surface area contributed by atoms with Crippen LogP contribution < -0.4 is 5.32 Å². The molecule has 2 aromatic rings. The lowest BCUT2D eigenvalue weighted by atomic mass is 9.78. The Morgan fingerprint density at radius 2 is 2.19 bits per heavy atom. The van der Waals surface area contributed by atoms with Crippen LogP contribution in [-0.4, -0.2) is 37.4 Å². The van der Waals surface area contributed by atoms with Gasteiger partial charge in [-0.05, 0) is 53.8 Å². The van der Waals surface area contributed by atoms with E-state index >= 15 is 0 Å². The van der Waals surface area contributed by atoms with Crippen molar-refractivity contribution >= 4 is 17.7 Å². The van der Waals surface area contributed by atoms with Gasteiger partial charge in [0, 0.05) is 6.04 Å². The second kappa shape index (κ2) is 8.16. The fourth-order valence-electron chi connectivity index (χ4n) is 3.32. The summed E-state index contributed by atoms with van der Waals surface area (Å²) in [7, 11) is 0. The first-order valence-corrected chi connectivity index (χ1v) is 9.85. The second-order valence-corrected chi connectivity index (χ2v) is 8.30. The van der Waals surface area contributed by atoms with Crippen molar-refractivity contribution in [2.24, 2.45) is 11.8 Å². The van der Waals surface area contributed by atoms with Gasteiger partial charge in [0.1, 0.15) is 5.82 Å². The normalized spacial score (nSPS) is 24.2.